The second-order valence-corrected chi connectivity index (χ2v) is 5.43. The molecular formula is C12H18ClN3O. The van der Waals surface area contributed by atoms with Crippen LogP contribution >= 0.6 is 11.6 Å². The predicted molar refractivity (Wildman–Crippen MR) is 70.0 cm³/mol. The summed E-state index contributed by atoms with van der Waals surface area (Å²) in [5.74, 6) is 0.525. The molecule has 5 heteroatoms. The molecule has 0 aliphatic heterocycles. The summed E-state index contributed by atoms with van der Waals surface area (Å²) >= 11 is 5.91. The van der Waals surface area contributed by atoms with E-state index >= 15 is 0 Å². The van der Waals surface area contributed by atoms with E-state index in [0.717, 1.165) is 25.8 Å². The number of halogens is 1. The molecular weight excluding hydrogens is 238 g/mol. The maximum Gasteiger partial charge on any atom is 0.293 e. The van der Waals surface area contributed by atoms with Crippen LogP contribution in [0.3, 0.4) is 0 Å². The van der Waals surface area contributed by atoms with Crippen LogP contribution in [0, 0.1) is 0 Å². The smallest absolute Gasteiger partial charge is 0.293 e. The maximum absolute atomic E-state index is 12.2. The third-order valence-corrected chi connectivity index (χ3v) is 3.23. The molecule has 0 N–H and O–H groups in total. The number of aromatic nitrogens is 2. The Morgan fingerprint density at radius 3 is 2.94 bits per heavy atom. The average Bonchev–Trinajstić information content (AvgIpc) is 3.10. The second kappa shape index (κ2) is 5.08. The van der Waals surface area contributed by atoms with E-state index in [1.165, 1.54) is 0 Å². The second-order valence-electron chi connectivity index (χ2n) is 4.69. The monoisotopic (exact) mass is 255 g/mol. The highest BCUT2D eigenvalue weighted by atomic mass is 35.5. The lowest BCUT2D eigenvalue weighted by atomic mass is 10.3. The summed E-state index contributed by atoms with van der Waals surface area (Å²) in [5, 5.41) is 0.117. The molecule has 1 saturated carbocycles. The largest absolute Gasteiger partial charge is 0.355 e. The van der Waals surface area contributed by atoms with Crippen molar-refractivity contribution in [2.24, 2.45) is 0 Å². The summed E-state index contributed by atoms with van der Waals surface area (Å²) in [7, 11) is 1.89. The van der Waals surface area contributed by atoms with Crippen LogP contribution in [0.25, 0.3) is 0 Å². The van der Waals surface area contributed by atoms with E-state index < -0.39 is 0 Å². The van der Waals surface area contributed by atoms with E-state index in [0.29, 0.717) is 11.9 Å². The maximum atomic E-state index is 12.2. The van der Waals surface area contributed by atoms with E-state index in [2.05, 4.69) is 4.98 Å². The molecule has 2 rings (SSSR count). The zero-order valence-corrected chi connectivity index (χ0v) is 11.0. The summed E-state index contributed by atoms with van der Waals surface area (Å²) in [6.07, 6.45) is 6.53. The normalized spacial score (nSPS) is 16.9. The van der Waals surface area contributed by atoms with Crippen LogP contribution in [0.5, 0.6) is 0 Å². The Kier molecular flexibility index (Phi) is 3.72. The van der Waals surface area contributed by atoms with E-state index in [1.807, 2.05) is 18.9 Å². The SMILES string of the molecule is CC(Cl)CCN(C)c1nccn(C2CC2)c1=O. The Hall–Kier alpha value is -1.03. The molecule has 0 bridgehead atoms. The summed E-state index contributed by atoms with van der Waals surface area (Å²) < 4.78 is 1.79. The first kappa shape index (κ1) is 12.4. The van der Waals surface area contributed by atoms with Gasteiger partial charge in [-0.15, -0.1) is 11.6 Å². The lowest BCUT2D eigenvalue weighted by Crippen LogP contribution is -2.31. The van der Waals surface area contributed by atoms with Crippen molar-refractivity contribution in [2.75, 3.05) is 18.5 Å². The molecule has 0 amide bonds. The fourth-order valence-electron chi connectivity index (χ4n) is 1.79. The highest BCUT2D eigenvalue weighted by Crippen LogP contribution is 2.33. The lowest BCUT2D eigenvalue weighted by Gasteiger charge is -2.18. The van der Waals surface area contributed by atoms with Crippen LogP contribution in [0.4, 0.5) is 5.82 Å². The summed E-state index contributed by atoms with van der Waals surface area (Å²) in [6.45, 7) is 2.71. The molecule has 0 aromatic carbocycles. The van der Waals surface area contributed by atoms with Gasteiger partial charge in [-0.05, 0) is 26.2 Å². The molecule has 4 nitrogen and oxygen atoms in total. The van der Waals surface area contributed by atoms with Gasteiger partial charge in [-0.2, -0.15) is 0 Å². The molecule has 17 heavy (non-hydrogen) atoms. The quantitative estimate of drug-likeness (QED) is 0.756. The Balaban J connectivity index is 2.14. The van der Waals surface area contributed by atoms with Gasteiger partial charge in [0.15, 0.2) is 5.82 Å². The first-order chi connectivity index (χ1) is 8.09. The van der Waals surface area contributed by atoms with Crippen LogP contribution in [-0.4, -0.2) is 28.5 Å². The van der Waals surface area contributed by atoms with E-state index in [-0.39, 0.29) is 10.9 Å². The minimum Gasteiger partial charge on any atom is -0.355 e. The number of alkyl halides is 1. The molecule has 1 aliphatic rings. The zero-order chi connectivity index (χ0) is 12.4. The molecule has 0 saturated heterocycles. The first-order valence-electron chi connectivity index (χ1n) is 6.02. The number of hydrogen-bond donors (Lipinski definition) is 0. The lowest BCUT2D eigenvalue weighted by molar-refractivity contribution is 0.684. The van der Waals surface area contributed by atoms with Crippen LogP contribution < -0.4 is 10.5 Å². The van der Waals surface area contributed by atoms with Gasteiger partial charge in [0.2, 0.25) is 0 Å². The molecule has 1 atom stereocenters. The van der Waals surface area contributed by atoms with Gasteiger partial charge in [0.1, 0.15) is 0 Å². The van der Waals surface area contributed by atoms with Crippen molar-refractivity contribution in [3.8, 4) is 0 Å². The topological polar surface area (TPSA) is 38.1 Å². The number of hydrogen-bond acceptors (Lipinski definition) is 3. The van der Waals surface area contributed by atoms with Gasteiger partial charge in [-0.25, -0.2) is 4.98 Å². The van der Waals surface area contributed by atoms with Crippen molar-refractivity contribution in [3.05, 3.63) is 22.7 Å². The van der Waals surface area contributed by atoms with E-state index in [9.17, 15) is 4.79 Å². The number of rotatable bonds is 5. The summed E-state index contributed by atoms with van der Waals surface area (Å²) in [5.41, 5.74) is 0.0136. The first-order valence-corrected chi connectivity index (χ1v) is 6.45. The molecule has 1 fully saturated rings. The minimum atomic E-state index is 0.0136. The van der Waals surface area contributed by atoms with Crippen molar-refractivity contribution in [1.82, 2.24) is 9.55 Å². The fourth-order valence-corrected chi connectivity index (χ4v) is 1.89. The van der Waals surface area contributed by atoms with Crippen LogP contribution in [0.15, 0.2) is 17.2 Å². The molecule has 1 heterocycles. The van der Waals surface area contributed by atoms with E-state index in [4.69, 9.17) is 11.6 Å². The van der Waals surface area contributed by atoms with E-state index in [1.54, 1.807) is 17.0 Å². The molecule has 0 radical (unpaired) electrons. The Labute approximate surface area is 106 Å². The predicted octanol–water partition coefficient (Wildman–Crippen LogP) is 2.03. The Bertz CT molecular complexity index is 440. The van der Waals surface area contributed by atoms with Gasteiger partial charge in [0.05, 0.1) is 0 Å². The molecule has 0 spiro atoms. The van der Waals surface area contributed by atoms with Gasteiger partial charge < -0.3 is 9.47 Å². The average molecular weight is 256 g/mol. The van der Waals surface area contributed by atoms with Gasteiger partial charge in [-0.3, -0.25) is 4.79 Å². The third kappa shape index (κ3) is 3.00. The molecule has 1 aromatic heterocycles. The number of anilines is 1. The van der Waals surface area contributed by atoms with Gasteiger partial charge in [0, 0.05) is 37.4 Å². The summed E-state index contributed by atoms with van der Waals surface area (Å²) in [4.78, 5) is 18.2. The van der Waals surface area contributed by atoms with Gasteiger partial charge >= 0.3 is 0 Å². The molecule has 1 unspecified atom stereocenters. The molecule has 1 aromatic rings. The number of nitrogens with zero attached hydrogens (tertiary/aromatic N) is 3. The Morgan fingerprint density at radius 1 is 1.65 bits per heavy atom. The van der Waals surface area contributed by atoms with Crippen LogP contribution in [-0.2, 0) is 0 Å². The van der Waals surface area contributed by atoms with Gasteiger partial charge in [-0.1, -0.05) is 0 Å². The van der Waals surface area contributed by atoms with Crippen molar-refractivity contribution in [1.29, 1.82) is 0 Å². The van der Waals surface area contributed by atoms with Crippen molar-refractivity contribution < 1.29 is 0 Å². The van der Waals surface area contributed by atoms with Crippen molar-refractivity contribution >= 4 is 17.4 Å². The molecule has 1 aliphatic carbocycles. The van der Waals surface area contributed by atoms with Gasteiger partial charge in [0.25, 0.3) is 5.56 Å². The highest BCUT2D eigenvalue weighted by molar-refractivity contribution is 6.20. The van der Waals surface area contributed by atoms with Crippen molar-refractivity contribution in [2.45, 2.75) is 37.6 Å². The van der Waals surface area contributed by atoms with Crippen molar-refractivity contribution in [3.63, 3.8) is 0 Å². The Morgan fingerprint density at radius 2 is 2.35 bits per heavy atom. The minimum absolute atomic E-state index is 0.0136. The highest BCUT2D eigenvalue weighted by Gasteiger charge is 2.25. The van der Waals surface area contributed by atoms with Crippen LogP contribution in [0.1, 0.15) is 32.2 Å². The third-order valence-electron chi connectivity index (χ3n) is 3.01. The molecule has 94 valence electrons. The fraction of sp³-hybridized carbons (Fsp3) is 0.667. The summed E-state index contributed by atoms with van der Waals surface area (Å²) in [6, 6.07) is 0.393. The zero-order valence-electron chi connectivity index (χ0n) is 10.3. The van der Waals surface area contributed by atoms with Crippen LogP contribution in [0.2, 0.25) is 0 Å². The standard InChI is InChI=1S/C12H18ClN3O/c1-9(13)5-7-15(2)11-12(17)16(8-6-14-11)10-3-4-10/h6,8-10H,3-5,7H2,1-2H3.